The Balaban J connectivity index is 2.97. The lowest BCUT2D eigenvalue weighted by Gasteiger charge is -2.12. The summed E-state index contributed by atoms with van der Waals surface area (Å²) in [6.07, 6.45) is 2.08. The summed E-state index contributed by atoms with van der Waals surface area (Å²) in [5, 5.41) is 6.04. The summed E-state index contributed by atoms with van der Waals surface area (Å²) in [5.41, 5.74) is 0. The van der Waals surface area contributed by atoms with Gasteiger partial charge in [-0.3, -0.25) is 10.6 Å². The molecule has 13 heavy (non-hydrogen) atoms. The molecule has 0 heterocycles. The zero-order chi connectivity index (χ0) is 9.94. The average molecular weight is 189 g/mol. The molecule has 0 bridgehead atoms. The molecule has 4 heteroatoms. The number of hydrogen-bond donors (Lipinski definition) is 2. The zero-order valence-electron chi connectivity index (χ0n) is 8.80. The molecule has 0 aliphatic heterocycles. The van der Waals surface area contributed by atoms with Gasteiger partial charge in [0.2, 0.25) is 0 Å². The summed E-state index contributed by atoms with van der Waals surface area (Å²) in [6, 6.07) is 0. The predicted octanol–water partition coefficient (Wildman–Crippen LogP) is 0.356. The Kier molecular flexibility index (Phi) is 9.80. The van der Waals surface area contributed by atoms with E-state index in [2.05, 4.69) is 17.6 Å². The average Bonchev–Trinajstić information content (AvgIpc) is 2.11. The summed E-state index contributed by atoms with van der Waals surface area (Å²) < 4.78 is 10.6. The maximum atomic E-state index is 5.40. The molecule has 0 aromatic rings. The molecule has 0 saturated heterocycles. The van der Waals surface area contributed by atoms with E-state index in [-0.39, 0.29) is 6.23 Å². The lowest BCUT2D eigenvalue weighted by Crippen LogP contribution is -2.29. The van der Waals surface area contributed by atoms with Crippen LogP contribution < -0.4 is 10.6 Å². The first-order valence-corrected chi connectivity index (χ1v) is 4.70. The van der Waals surface area contributed by atoms with Crippen molar-refractivity contribution in [1.29, 1.82) is 0 Å². The fourth-order valence-electron chi connectivity index (χ4n) is 0.851. The van der Waals surface area contributed by atoms with E-state index in [1.165, 1.54) is 0 Å². The van der Waals surface area contributed by atoms with Gasteiger partial charge in [0.1, 0.15) is 6.23 Å². The maximum absolute atomic E-state index is 5.40. The fraction of sp³-hybridized carbons (Fsp3) is 0.889. The highest BCUT2D eigenvalue weighted by Crippen LogP contribution is 1.88. The molecule has 1 radical (unpaired) electrons. The molecule has 79 valence electrons. The van der Waals surface area contributed by atoms with Crippen molar-refractivity contribution in [2.75, 3.05) is 33.5 Å². The number of nitrogens with one attached hydrogen (secondary N) is 2. The summed E-state index contributed by atoms with van der Waals surface area (Å²) in [5.74, 6) is 0. The van der Waals surface area contributed by atoms with Crippen LogP contribution in [0.3, 0.4) is 0 Å². The lowest BCUT2D eigenvalue weighted by atomic mass is 10.5. The summed E-state index contributed by atoms with van der Waals surface area (Å²) in [4.78, 5) is 0. The Morgan fingerprint density at radius 3 is 2.77 bits per heavy atom. The van der Waals surface area contributed by atoms with E-state index in [1.54, 1.807) is 0 Å². The highest BCUT2D eigenvalue weighted by atomic mass is 16.5. The van der Waals surface area contributed by atoms with Gasteiger partial charge in [-0.25, -0.2) is 0 Å². The number of rotatable bonds is 9. The Morgan fingerprint density at radius 2 is 2.15 bits per heavy atom. The van der Waals surface area contributed by atoms with Crippen LogP contribution in [0.15, 0.2) is 0 Å². The lowest BCUT2D eigenvalue weighted by molar-refractivity contribution is 0.0471. The van der Waals surface area contributed by atoms with Crippen LogP contribution in [0.2, 0.25) is 0 Å². The number of ether oxygens (including phenoxy) is 2. The largest absolute Gasteiger partial charge is 0.366 e. The van der Waals surface area contributed by atoms with Gasteiger partial charge in [-0.1, -0.05) is 6.92 Å². The molecule has 1 unspecified atom stereocenters. The van der Waals surface area contributed by atoms with Crippen LogP contribution in [0.25, 0.3) is 0 Å². The molecular formula is C9H21N2O2. The van der Waals surface area contributed by atoms with Gasteiger partial charge in [-0.2, -0.15) is 0 Å². The van der Waals surface area contributed by atoms with E-state index >= 15 is 0 Å². The SMILES string of the molecule is CCNC(C)OC[CH]COCNC. The molecule has 0 amide bonds. The Bertz CT molecular complexity index is 102. The molecule has 0 aromatic heterocycles. The van der Waals surface area contributed by atoms with Crippen LogP contribution in [0.1, 0.15) is 13.8 Å². The second kappa shape index (κ2) is 9.92. The van der Waals surface area contributed by atoms with Crippen LogP contribution in [0.4, 0.5) is 0 Å². The van der Waals surface area contributed by atoms with Crippen molar-refractivity contribution in [3.63, 3.8) is 0 Å². The second-order valence-corrected chi connectivity index (χ2v) is 2.69. The highest BCUT2D eigenvalue weighted by Gasteiger charge is 1.97. The minimum absolute atomic E-state index is 0.116. The highest BCUT2D eigenvalue weighted by molar-refractivity contribution is 4.62. The summed E-state index contributed by atoms with van der Waals surface area (Å²) >= 11 is 0. The van der Waals surface area contributed by atoms with Crippen LogP contribution in [-0.2, 0) is 9.47 Å². The number of hydrogen-bond acceptors (Lipinski definition) is 4. The van der Waals surface area contributed by atoms with Gasteiger partial charge in [0.25, 0.3) is 0 Å². The van der Waals surface area contributed by atoms with Crippen molar-refractivity contribution in [3.05, 3.63) is 6.42 Å². The topological polar surface area (TPSA) is 42.5 Å². The quantitative estimate of drug-likeness (QED) is 0.406. The Hall–Kier alpha value is -0.160. The van der Waals surface area contributed by atoms with E-state index in [9.17, 15) is 0 Å². The fourth-order valence-corrected chi connectivity index (χ4v) is 0.851. The minimum atomic E-state index is 0.116. The third-order valence-corrected chi connectivity index (χ3v) is 1.44. The van der Waals surface area contributed by atoms with E-state index in [0.29, 0.717) is 19.9 Å². The smallest absolute Gasteiger partial charge is 0.105 e. The van der Waals surface area contributed by atoms with Gasteiger partial charge in [0, 0.05) is 6.42 Å². The standard InChI is InChI=1S/C9H21N2O2/c1-4-11-9(2)13-7-5-6-12-8-10-3/h5,9-11H,4,6-8H2,1-3H3. The van der Waals surface area contributed by atoms with Crippen LogP contribution in [-0.4, -0.2) is 39.8 Å². The third kappa shape index (κ3) is 9.76. The van der Waals surface area contributed by atoms with Crippen molar-refractivity contribution in [1.82, 2.24) is 10.6 Å². The first kappa shape index (κ1) is 12.8. The van der Waals surface area contributed by atoms with E-state index in [4.69, 9.17) is 9.47 Å². The van der Waals surface area contributed by atoms with Gasteiger partial charge in [0.05, 0.1) is 19.9 Å². The molecule has 0 aliphatic carbocycles. The van der Waals surface area contributed by atoms with Crippen molar-refractivity contribution in [2.45, 2.75) is 20.1 Å². The first-order valence-electron chi connectivity index (χ1n) is 4.70. The first-order chi connectivity index (χ1) is 6.31. The molecule has 0 fully saturated rings. The van der Waals surface area contributed by atoms with Crippen LogP contribution in [0, 0.1) is 6.42 Å². The molecule has 0 rings (SSSR count). The predicted molar refractivity (Wildman–Crippen MR) is 53.3 cm³/mol. The van der Waals surface area contributed by atoms with Gasteiger partial charge in [-0.15, -0.1) is 0 Å². The van der Waals surface area contributed by atoms with Crippen molar-refractivity contribution < 1.29 is 9.47 Å². The zero-order valence-corrected chi connectivity index (χ0v) is 8.80. The molecule has 0 aliphatic rings. The molecule has 0 saturated carbocycles. The van der Waals surface area contributed by atoms with Gasteiger partial charge >= 0.3 is 0 Å². The summed E-state index contributed by atoms with van der Waals surface area (Å²) in [6.45, 7) is 6.81. The molecule has 2 N–H and O–H groups in total. The van der Waals surface area contributed by atoms with Crippen molar-refractivity contribution in [3.8, 4) is 0 Å². The van der Waals surface area contributed by atoms with E-state index in [0.717, 1.165) is 6.54 Å². The van der Waals surface area contributed by atoms with Gasteiger partial charge in [-0.05, 0) is 20.5 Å². The molecular weight excluding hydrogens is 168 g/mol. The van der Waals surface area contributed by atoms with Gasteiger partial charge < -0.3 is 9.47 Å². The van der Waals surface area contributed by atoms with Crippen molar-refractivity contribution in [2.24, 2.45) is 0 Å². The minimum Gasteiger partial charge on any atom is -0.366 e. The normalized spacial score (nSPS) is 13.2. The van der Waals surface area contributed by atoms with E-state index in [1.807, 2.05) is 20.4 Å². The Morgan fingerprint density at radius 1 is 1.38 bits per heavy atom. The second-order valence-electron chi connectivity index (χ2n) is 2.69. The Labute approximate surface area is 81.0 Å². The summed E-state index contributed by atoms with van der Waals surface area (Å²) in [7, 11) is 1.85. The maximum Gasteiger partial charge on any atom is 0.105 e. The van der Waals surface area contributed by atoms with Gasteiger partial charge in [0.15, 0.2) is 0 Å². The molecule has 0 aromatic carbocycles. The third-order valence-electron chi connectivity index (χ3n) is 1.44. The van der Waals surface area contributed by atoms with Crippen molar-refractivity contribution >= 4 is 0 Å². The monoisotopic (exact) mass is 189 g/mol. The molecule has 0 spiro atoms. The molecule has 4 nitrogen and oxygen atoms in total. The molecule has 1 atom stereocenters. The van der Waals surface area contributed by atoms with Crippen LogP contribution in [0.5, 0.6) is 0 Å². The van der Waals surface area contributed by atoms with E-state index < -0.39 is 0 Å². The van der Waals surface area contributed by atoms with Crippen LogP contribution >= 0.6 is 0 Å².